The Morgan fingerprint density at radius 3 is 2.18 bits per heavy atom. The zero-order chi connectivity index (χ0) is 26.9. The maximum atomic E-state index is 12.9. The molecule has 5 nitrogen and oxygen atoms in total. The predicted octanol–water partition coefficient (Wildman–Crippen LogP) is 7.69. The Labute approximate surface area is 224 Å². The molecular weight excluding hydrogens is 472 g/mol. The minimum atomic E-state index is -0.927. The molecule has 5 heteroatoms. The summed E-state index contributed by atoms with van der Waals surface area (Å²) in [5.74, 6) is -0.927. The van der Waals surface area contributed by atoms with Crippen molar-refractivity contribution in [3.63, 3.8) is 0 Å². The van der Waals surface area contributed by atoms with Crippen molar-refractivity contribution < 1.29 is 14.7 Å². The molecule has 0 radical (unpaired) electrons. The van der Waals surface area contributed by atoms with Crippen LogP contribution in [0.2, 0.25) is 0 Å². The lowest BCUT2D eigenvalue weighted by Gasteiger charge is -2.19. The van der Waals surface area contributed by atoms with Gasteiger partial charge in [-0.15, -0.1) is 0 Å². The molecule has 0 bridgehead atoms. The normalized spacial score (nSPS) is 11.2. The van der Waals surface area contributed by atoms with Crippen molar-refractivity contribution in [3.05, 3.63) is 125 Å². The lowest BCUT2D eigenvalue weighted by Crippen LogP contribution is -2.31. The van der Waals surface area contributed by atoms with Crippen LogP contribution in [-0.4, -0.2) is 24.2 Å². The van der Waals surface area contributed by atoms with Crippen LogP contribution in [0.5, 0.6) is 0 Å². The molecule has 0 heterocycles. The van der Waals surface area contributed by atoms with E-state index in [2.05, 4.69) is 12.2 Å². The van der Waals surface area contributed by atoms with Crippen molar-refractivity contribution in [3.8, 4) is 11.1 Å². The van der Waals surface area contributed by atoms with Gasteiger partial charge < -0.3 is 10.4 Å². The first-order chi connectivity index (χ1) is 18.4. The van der Waals surface area contributed by atoms with Crippen LogP contribution in [-0.2, 0) is 17.6 Å². The Balaban J connectivity index is 1.46. The van der Waals surface area contributed by atoms with Crippen molar-refractivity contribution in [1.29, 1.82) is 0 Å². The summed E-state index contributed by atoms with van der Waals surface area (Å²) in [6.07, 6.45) is 4.17. The summed E-state index contributed by atoms with van der Waals surface area (Å²) in [4.78, 5) is 26.3. The van der Waals surface area contributed by atoms with Crippen LogP contribution in [0.4, 0.5) is 16.2 Å². The summed E-state index contributed by atoms with van der Waals surface area (Å²) in [6, 6.07) is 32.8. The zero-order valence-corrected chi connectivity index (χ0v) is 21.7. The van der Waals surface area contributed by atoms with Crippen molar-refractivity contribution in [2.75, 3.05) is 17.3 Å². The second-order valence-electron chi connectivity index (χ2n) is 9.25. The molecule has 0 atom stereocenters. The first-order valence-electron chi connectivity index (χ1n) is 12.7. The SMILES string of the molecule is CCCc1ccc(NC(=O)N(C)c2cccc(-c3ccc(C=C(Cc4ccccc4)C(=O)O)cc3)c2)cc1. The van der Waals surface area contributed by atoms with Crippen molar-refractivity contribution in [2.45, 2.75) is 26.2 Å². The number of urea groups is 1. The van der Waals surface area contributed by atoms with Gasteiger partial charge in [0.2, 0.25) is 0 Å². The number of amides is 2. The van der Waals surface area contributed by atoms with Gasteiger partial charge in [0.05, 0.1) is 0 Å². The number of carbonyl (C=O) groups excluding carboxylic acids is 1. The van der Waals surface area contributed by atoms with Gasteiger partial charge in [-0.05, 0) is 64.6 Å². The Morgan fingerprint density at radius 1 is 0.816 bits per heavy atom. The molecule has 4 aromatic carbocycles. The van der Waals surface area contributed by atoms with E-state index < -0.39 is 5.97 Å². The van der Waals surface area contributed by atoms with E-state index in [1.54, 1.807) is 18.0 Å². The molecule has 2 N–H and O–H groups in total. The lowest BCUT2D eigenvalue weighted by molar-refractivity contribution is -0.132. The van der Waals surface area contributed by atoms with Gasteiger partial charge >= 0.3 is 12.0 Å². The van der Waals surface area contributed by atoms with E-state index in [1.165, 1.54) is 5.56 Å². The van der Waals surface area contributed by atoms with Crippen LogP contribution in [0.1, 0.15) is 30.0 Å². The molecule has 4 aromatic rings. The number of hydrogen-bond acceptors (Lipinski definition) is 2. The van der Waals surface area contributed by atoms with Crippen LogP contribution in [0.25, 0.3) is 17.2 Å². The molecule has 0 aliphatic carbocycles. The van der Waals surface area contributed by atoms with Crippen molar-refractivity contribution in [1.82, 2.24) is 0 Å². The van der Waals surface area contributed by atoms with E-state index >= 15 is 0 Å². The number of carboxylic acid groups (broad SMARTS) is 1. The van der Waals surface area contributed by atoms with Crippen LogP contribution in [0.3, 0.4) is 0 Å². The van der Waals surface area contributed by atoms with Gasteiger partial charge in [0.25, 0.3) is 0 Å². The highest BCUT2D eigenvalue weighted by Crippen LogP contribution is 2.26. The van der Waals surface area contributed by atoms with E-state index in [0.29, 0.717) is 12.0 Å². The van der Waals surface area contributed by atoms with Gasteiger partial charge in [0.1, 0.15) is 0 Å². The number of nitrogens with one attached hydrogen (secondary N) is 1. The maximum absolute atomic E-state index is 12.9. The molecule has 0 saturated heterocycles. The summed E-state index contributed by atoms with van der Waals surface area (Å²) in [6.45, 7) is 2.15. The molecule has 0 fully saturated rings. The first kappa shape index (κ1) is 26.4. The molecule has 4 rings (SSSR count). The molecule has 38 heavy (non-hydrogen) atoms. The van der Waals surface area contributed by atoms with E-state index in [9.17, 15) is 14.7 Å². The highest BCUT2D eigenvalue weighted by atomic mass is 16.4. The molecule has 0 aliphatic rings. The molecule has 0 aliphatic heterocycles. The molecular formula is C33H32N2O3. The number of rotatable bonds is 9. The third-order valence-corrected chi connectivity index (χ3v) is 6.38. The Hall–Kier alpha value is -4.64. The number of aryl methyl sites for hydroxylation is 1. The summed E-state index contributed by atoms with van der Waals surface area (Å²) < 4.78 is 0. The molecule has 0 unspecified atom stereocenters. The molecule has 0 saturated carbocycles. The van der Waals surface area contributed by atoms with Crippen molar-refractivity contribution >= 4 is 29.5 Å². The summed E-state index contributed by atoms with van der Waals surface area (Å²) in [5.41, 5.74) is 6.82. The first-order valence-corrected chi connectivity index (χ1v) is 12.7. The van der Waals surface area contributed by atoms with Gasteiger partial charge in [-0.3, -0.25) is 4.90 Å². The van der Waals surface area contributed by atoms with Crippen LogP contribution < -0.4 is 10.2 Å². The van der Waals surface area contributed by atoms with Crippen LogP contribution >= 0.6 is 0 Å². The van der Waals surface area contributed by atoms with Gasteiger partial charge in [0.15, 0.2) is 0 Å². The predicted molar refractivity (Wildman–Crippen MR) is 155 cm³/mol. The monoisotopic (exact) mass is 504 g/mol. The van der Waals surface area contributed by atoms with Gasteiger partial charge in [-0.2, -0.15) is 0 Å². The fourth-order valence-corrected chi connectivity index (χ4v) is 4.24. The summed E-state index contributed by atoms with van der Waals surface area (Å²) in [7, 11) is 1.74. The summed E-state index contributed by atoms with van der Waals surface area (Å²) in [5, 5.41) is 12.6. The number of carbonyl (C=O) groups is 2. The average Bonchev–Trinajstić information content (AvgIpc) is 2.94. The molecule has 2 amide bonds. The maximum Gasteiger partial charge on any atom is 0.331 e. The fraction of sp³-hybridized carbons (Fsp3) is 0.152. The second-order valence-corrected chi connectivity index (χ2v) is 9.25. The van der Waals surface area contributed by atoms with E-state index in [-0.39, 0.29) is 6.03 Å². The molecule has 0 spiro atoms. The quantitative estimate of drug-likeness (QED) is 0.230. The van der Waals surface area contributed by atoms with Gasteiger partial charge in [-0.1, -0.05) is 92.2 Å². The standard InChI is InChI=1S/C33H32N2O3/c1-3-8-24-15-19-30(20-16-24)34-33(38)35(2)31-12-7-11-28(23-31)27-17-13-26(14-18-27)22-29(32(36)37)21-25-9-5-4-6-10-25/h4-7,9-20,22-23H,3,8,21H2,1-2H3,(H,34,38)(H,36,37). The zero-order valence-electron chi connectivity index (χ0n) is 21.7. The van der Waals surface area contributed by atoms with E-state index in [1.807, 2.05) is 103 Å². The number of carboxylic acids is 1. The number of benzene rings is 4. The Kier molecular flexibility index (Phi) is 8.73. The second kappa shape index (κ2) is 12.5. The third kappa shape index (κ3) is 6.98. The largest absolute Gasteiger partial charge is 0.478 e. The van der Waals surface area contributed by atoms with E-state index in [0.717, 1.165) is 46.5 Å². The van der Waals surface area contributed by atoms with Crippen LogP contribution in [0, 0.1) is 0 Å². The molecule has 0 aromatic heterocycles. The Morgan fingerprint density at radius 2 is 1.53 bits per heavy atom. The fourth-order valence-electron chi connectivity index (χ4n) is 4.24. The highest BCUT2D eigenvalue weighted by molar-refractivity contribution is 6.01. The van der Waals surface area contributed by atoms with Crippen LogP contribution in [0.15, 0.2) is 109 Å². The van der Waals surface area contributed by atoms with Crippen molar-refractivity contribution in [2.24, 2.45) is 0 Å². The number of nitrogens with zero attached hydrogens (tertiary/aromatic N) is 1. The minimum absolute atomic E-state index is 0.217. The van der Waals surface area contributed by atoms with Gasteiger partial charge in [-0.25, -0.2) is 9.59 Å². The minimum Gasteiger partial charge on any atom is -0.478 e. The van der Waals surface area contributed by atoms with E-state index in [4.69, 9.17) is 0 Å². The summed E-state index contributed by atoms with van der Waals surface area (Å²) >= 11 is 0. The molecule has 192 valence electrons. The number of hydrogen-bond donors (Lipinski definition) is 2. The number of anilines is 2. The lowest BCUT2D eigenvalue weighted by atomic mass is 10.00. The topological polar surface area (TPSA) is 69.6 Å². The highest BCUT2D eigenvalue weighted by Gasteiger charge is 2.13. The number of aliphatic carboxylic acids is 1. The Bertz CT molecular complexity index is 1410. The third-order valence-electron chi connectivity index (χ3n) is 6.38. The van der Waals surface area contributed by atoms with Gasteiger partial charge in [0, 0.05) is 30.4 Å². The average molecular weight is 505 g/mol. The smallest absolute Gasteiger partial charge is 0.331 e.